The molecule has 0 bridgehead atoms. The third kappa shape index (κ3) is 3.78. The largest absolute Gasteiger partial charge is 0.289 e. The van der Waals surface area contributed by atoms with E-state index in [1.54, 1.807) is 6.07 Å². The Morgan fingerprint density at radius 1 is 1.00 bits per heavy atom. The predicted octanol–water partition coefficient (Wildman–Crippen LogP) is 4.05. The van der Waals surface area contributed by atoms with Crippen molar-refractivity contribution >= 4 is 34.8 Å². The number of carbonyl (C=O) groups excluding carboxylic acids is 1. The van der Waals surface area contributed by atoms with Crippen LogP contribution in [0.4, 0.5) is 11.4 Å². The topological polar surface area (TPSA) is 103 Å². The minimum absolute atomic E-state index is 0.0657. The lowest BCUT2D eigenvalue weighted by Crippen LogP contribution is -1.97. The van der Waals surface area contributed by atoms with Gasteiger partial charge in [-0.05, 0) is 30.4 Å². The number of para-hydroxylation sites is 1. The number of nitro benzene ring substituents is 2. The Hall–Kier alpha value is -3.06. The van der Waals surface area contributed by atoms with E-state index in [1.165, 1.54) is 36.4 Å². The minimum Gasteiger partial charge on any atom is -0.289 e. The van der Waals surface area contributed by atoms with Crippen molar-refractivity contribution in [3.8, 4) is 0 Å². The first kappa shape index (κ1) is 16.3. The van der Waals surface area contributed by atoms with Gasteiger partial charge in [0.1, 0.15) is 5.02 Å². The number of nitrogens with zero attached hydrogens (tertiary/aromatic N) is 2. The summed E-state index contributed by atoms with van der Waals surface area (Å²) in [6.45, 7) is 0. The van der Waals surface area contributed by atoms with Crippen LogP contribution >= 0.6 is 11.6 Å². The number of hydrogen-bond acceptors (Lipinski definition) is 5. The first-order valence-corrected chi connectivity index (χ1v) is 6.67. The van der Waals surface area contributed by atoms with Crippen LogP contribution in [-0.2, 0) is 0 Å². The van der Waals surface area contributed by atoms with E-state index in [9.17, 15) is 25.0 Å². The summed E-state index contributed by atoms with van der Waals surface area (Å²) in [5.41, 5.74) is -0.194. The van der Waals surface area contributed by atoms with Crippen LogP contribution in [-0.4, -0.2) is 15.6 Å². The second-order valence-electron chi connectivity index (χ2n) is 4.44. The van der Waals surface area contributed by atoms with Crippen LogP contribution in [0, 0.1) is 20.2 Å². The number of halogens is 1. The molecule has 0 atom stereocenters. The molecular formula is C15H9ClN2O5. The average molecular weight is 333 g/mol. The van der Waals surface area contributed by atoms with E-state index in [1.807, 2.05) is 0 Å². The molecule has 0 radical (unpaired) electrons. The van der Waals surface area contributed by atoms with Gasteiger partial charge < -0.3 is 0 Å². The highest BCUT2D eigenvalue weighted by Gasteiger charge is 2.15. The van der Waals surface area contributed by atoms with Gasteiger partial charge in [-0.3, -0.25) is 25.0 Å². The summed E-state index contributed by atoms with van der Waals surface area (Å²) in [6, 6.07) is 9.59. The van der Waals surface area contributed by atoms with Gasteiger partial charge in [0.2, 0.25) is 0 Å². The second kappa shape index (κ2) is 6.80. The maximum Gasteiger partial charge on any atom is 0.288 e. The Kier molecular flexibility index (Phi) is 4.82. The molecule has 0 fully saturated rings. The summed E-state index contributed by atoms with van der Waals surface area (Å²) in [7, 11) is 0. The van der Waals surface area contributed by atoms with Crippen LogP contribution in [0.2, 0.25) is 5.02 Å². The molecule has 2 rings (SSSR count). The SMILES string of the molecule is O=C(/C=C/c1ccccc1[N+](=O)[O-])c1ccc(Cl)c([N+](=O)[O-])c1. The fourth-order valence-electron chi connectivity index (χ4n) is 1.86. The fourth-order valence-corrected chi connectivity index (χ4v) is 2.05. The molecule has 116 valence electrons. The third-order valence-electron chi connectivity index (χ3n) is 2.98. The van der Waals surface area contributed by atoms with Gasteiger partial charge in [-0.2, -0.15) is 0 Å². The molecule has 2 aromatic rings. The number of benzene rings is 2. The summed E-state index contributed by atoms with van der Waals surface area (Å²) in [6.07, 6.45) is 2.41. The molecule has 0 heterocycles. The Morgan fingerprint density at radius 3 is 2.30 bits per heavy atom. The van der Waals surface area contributed by atoms with Crippen molar-refractivity contribution in [2.45, 2.75) is 0 Å². The number of rotatable bonds is 5. The molecule has 0 aromatic heterocycles. The molecule has 0 spiro atoms. The van der Waals surface area contributed by atoms with E-state index < -0.39 is 15.6 Å². The zero-order valence-electron chi connectivity index (χ0n) is 11.5. The van der Waals surface area contributed by atoms with Crippen molar-refractivity contribution in [3.63, 3.8) is 0 Å². The number of hydrogen-bond donors (Lipinski definition) is 0. The van der Waals surface area contributed by atoms with Gasteiger partial charge in [-0.1, -0.05) is 23.7 Å². The molecule has 7 nitrogen and oxygen atoms in total. The number of allylic oxidation sites excluding steroid dienone is 1. The summed E-state index contributed by atoms with van der Waals surface area (Å²) in [5.74, 6) is -0.525. The van der Waals surface area contributed by atoms with Crippen LogP contribution in [0.25, 0.3) is 6.08 Å². The molecule has 0 amide bonds. The van der Waals surface area contributed by atoms with Crippen LogP contribution in [0.3, 0.4) is 0 Å². The number of ketones is 1. The molecule has 8 heteroatoms. The third-order valence-corrected chi connectivity index (χ3v) is 3.29. The summed E-state index contributed by atoms with van der Waals surface area (Å²) in [4.78, 5) is 32.5. The molecule has 2 aromatic carbocycles. The monoisotopic (exact) mass is 332 g/mol. The van der Waals surface area contributed by atoms with Crippen molar-refractivity contribution in [1.29, 1.82) is 0 Å². The lowest BCUT2D eigenvalue weighted by molar-refractivity contribution is -0.385. The van der Waals surface area contributed by atoms with Crippen LogP contribution in [0.5, 0.6) is 0 Å². The van der Waals surface area contributed by atoms with E-state index >= 15 is 0 Å². The molecule has 23 heavy (non-hydrogen) atoms. The van der Waals surface area contributed by atoms with Gasteiger partial charge in [0.25, 0.3) is 11.4 Å². The van der Waals surface area contributed by atoms with E-state index in [0.717, 1.165) is 12.1 Å². The normalized spacial score (nSPS) is 10.7. The molecule has 0 aliphatic rings. The predicted molar refractivity (Wildman–Crippen MR) is 84.6 cm³/mol. The van der Waals surface area contributed by atoms with Gasteiger partial charge >= 0.3 is 0 Å². The van der Waals surface area contributed by atoms with Crippen molar-refractivity contribution in [2.24, 2.45) is 0 Å². The minimum atomic E-state index is -0.690. The molecule has 0 aliphatic heterocycles. The Bertz CT molecular complexity index is 832. The lowest BCUT2D eigenvalue weighted by atomic mass is 10.1. The highest BCUT2D eigenvalue weighted by atomic mass is 35.5. The number of carbonyl (C=O) groups is 1. The molecule has 0 saturated heterocycles. The van der Waals surface area contributed by atoms with Crippen LogP contribution in [0.15, 0.2) is 48.5 Å². The Labute approximate surface area is 135 Å². The van der Waals surface area contributed by atoms with Gasteiger partial charge in [-0.15, -0.1) is 0 Å². The Morgan fingerprint density at radius 2 is 1.65 bits per heavy atom. The zero-order chi connectivity index (χ0) is 17.0. The lowest BCUT2D eigenvalue weighted by Gasteiger charge is -1.99. The summed E-state index contributed by atoms with van der Waals surface area (Å²) in [5, 5.41) is 21.6. The van der Waals surface area contributed by atoms with Crippen molar-refractivity contribution in [3.05, 3.63) is 84.9 Å². The van der Waals surface area contributed by atoms with E-state index in [4.69, 9.17) is 11.6 Å². The van der Waals surface area contributed by atoms with Gasteiger partial charge in [0.05, 0.1) is 15.4 Å². The first-order valence-electron chi connectivity index (χ1n) is 6.30. The van der Waals surface area contributed by atoms with E-state index in [2.05, 4.69) is 0 Å². The first-order chi connectivity index (χ1) is 10.9. The standard InChI is InChI=1S/C15H9ClN2O5/c16-12-7-5-11(9-14(12)18(22)23)15(19)8-6-10-3-1-2-4-13(10)17(20)21/h1-9H/b8-6+. The van der Waals surface area contributed by atoms with E-state index in [0.29, 0.717) is 0 Å². The maximum absolute atomic E-state index is 12.1. The zero-order valence-corrected chi connectivity index (χ0v) is 12.3. The van der Waals surface area contributed by atoms with E-state index in [-0.39, 0.29) is 27.5 Å². The van der Waals surface area contributed by atoms with Crippen molar-refractivity contribution < 1.29 is 14.6 Å². The van der Waals surface area contributed by atoms with Gasteiger partial charge in [0.15, 0.2) is 5.78 Å². The average Bonchev–Trinajstić information content (AvgIpc) is 2.52. The van der Waals surface area contributed by atoms with Crippen LogP contribution < -0.4 is 0 Å². The molecule has 0 saturated carbocycles. The van der Waals surface area contributed by atoms with Crippen molar-refractivity contribution in [2.75, 3.05) is 0 Å². The summed E-state index contributed by atoms with van der Waals surface area (Å²) < 4.78 is 0. The number of nitro groups is 2. The van der Waals surface area contributed by atoms with Crippen LogP contribution in [0.1, 0.15) is 15.9 Å². The highest BCUT2D eigenvalue weighted by Crippen LogP contribution is 2.26. The quantitative estimate of drug-likeness (QED) is 0.355. The molecular weight excluding hydrogens is 324 g/mol. The molecule has 0 unspecified atom stereocenters. The fraction of sp³-hybridized carbons (Fsp3) is 0. The second-order valence-corrected chi connectivity index (χ2v) is 4.84. The highest BCUT2D eigenvalue weighted by molar-refractivity contribution is 6.32. The smallest absolute Gasteiger partial charge is 0.288 e. The Balaban J connectivity index is 2.31. The summed E-state index contributed by atoms with van der Waals surface area (Å²) >= 11 is 5.68. The maximum atomic E-state index is 12.1. The van der Waals surface area contributed by atoms with Gasteiger partial charge in [0, 0.05) is 17.7 Å². The van der Waals surface area contributed by atoms with Crippen molar-refractivity contribution in [1.82, 2.24) is 0 Å². The van der Waals surface area contributed by atoms with Gasteiger partial charge in [-0.25, -0.2) is 0 Å². The molecule has 0 N–H and O–H groups in total. The molecule has 0 aliphatic carbocycles.